The van der Waals surface area contributed by atoms with E-state index in [4.69, 9.17) is 4.74 Å². The van der Waals surface area contributed by atoms with Crippen LogP contribution in [0.2, 0.25) is 0 Å². The van der Waals surface area contributed by atoms with Crippen molar-refractivity contribution in [2.24, 2.45) is 5.41 Å². The number of ether oxygens (including phenoxy) is 1. The molecule has 1 aliphatic heterocycles. The Morgan fingerprint density at radius 1 is 1.37 bits per heavy atom. The van der Waals surface area contributed by atoms with Gasteiger partial charge < -0.3 is 15.4 Å². The largest absolute Gasteiger partial charge is 0.384 e. The second-order valence-corrected chi connectivity index (χ2v) is 6.51. The fraction of sp³-hybridized carbons (Fsp3) is 0.625. The SMILES string of the molecule is COC1c2cc(NC(C)C)cc(C)c2NCC1(C)C. The molecule has 1 atom stereocenters. The maximum Gasteiger partial charge on any atom is 0.0909 e. The summed E-state index contributed by atoms with van der Waals surface area (Å²) in [5, 5.41) is 7.04. The first-order valence-electron chi connectivity index (χ1n) is 7.03. The zero-order chi connectivity index (χ0) is 14.2. The van der Waals surface area contributed by atoms with E-state index in [1.807, 2.05) is 0 Å². The predicted octanol–water partition coefficient (Wildman–Crippen LogP) is 3.95. The minimum atomic E-state index is 0.102. The monoisotopic (exact) mass is 262 g/mol. The van der Waals surface area contributed by atoms with Gasteiger partial charge in [-0.1, -0.05) is 13.8 Å². The molecule has 3 nitrogen and oxygen atoms in total. The molecule has 1 aliphatic rings. The van der Waals surface area contributed by atoms with Crippen LogP contribution < -0.4 is 10.6 Å². The van der Waals surface area contributed by atoms with Crippen LogP contribution in [0.4, 0.5) is 11.4 Å². The number of fused-ring (bicyclic) bond motifs is 1. The zero-order valence-electron chi connectivity index (χ0n) is 12.9. The normalized spacial score (nSPS) is 20.9. The Morgan fingerprint density at radius 3 is 2.63 bits per heavy atom. The minimum Gasteiger partial charge on any atom is -0.384 e. The van der Waals surface area contributed by atoms with Gasteiger partial charge in [0.2, 0.25) is 0 Å². The molecule has 2 N–H and O–H groups in total. The van der Waals surface area contributed by atoms with E-state index >= 15 is 0 Å². The molecule has 0 spiro atoms. The van der Waals surface area contributed by atoms with Crippen LogP contribution in [-0.4, -0.2) is 19.7 Å². The third-order valence-corrected chi connectivity index (χ3v) is 3.77. The van der Waals surface area contributed by atoms with E-state index in [2.05, 4.69) is 57.4 Å². The molecule has 106 valence electrons. The Labute approximate surface area is 116 Å². The lowest BCUT2D eigenvalue weighted by Crippen LogP contribution is -2.36. The Morgan fingerprint density at radius 2 is 2.05 bits per heavy atom. The zero-order valence-corrected chi connectivity index (χ0v) is 12.9. The van der Waals surface area contributed by atoms with Gasteiger partial charge in [-0.3, -0.25) is 0 Å². The highest BCUT2D eigenvalue weighted by molar-refractivity contribution is 5.67. The summed E-state index contributed by atoms with van der Waals surface area (Å²) in [6, 6.07) is 4.87. The summed E-state index contributed by atoms with van der Waals surface area (Å²) in [6.45, 7) is 11.9. The molecule has 0 fully saturated rings. The lowest BCUT2D eigenvalue weighted by atomic mass is 9.78. The van der Waals surface area contributed by atoms with Crippen LogP contribution >= 0.6 is 0 Å². The first-order valence-corrected chi connectivity index (χ1v) is 7.03. The highest BCUT2D eigenvalue weighted by Crippen LogP contribution is 2.45. The van der Waals surface area contributed by atoms with Crippen molar-refractivity contribution in [2.45, 2.75) is 46.8 Å². The molecule has 0 aromatic heterocycles. The van der Waals surface area contributed by atoms with E-state index < -0.39 is 0 Å². The molecule has 0 saturated carbocycles. The third kappa shape index (κ3) is 2.71. The van der Waals surface area contributed by atoms with Crippen molar-refractivity contribution in [2.75, 3.05) is 24.3 Å². The van der Waals surface area contributed by atoms with Gasteiger partial charge in [-0.05, 0) is 38.5 Å². The molecular weight excluding hydrogens is 236 g/mol. The average Bonchev–Trinajstić information content (AvgIpc) is 2.26. The lowest BCUT2D eigenvalue weighted by Gasteiger charge is -2.40. The highest BCUT2D eigenvalue weighted by Gasteiger charge is 2.37. The summed E-state index contributed by atoms with van der Waals surface area (Å²) in [5.41, 5.74) is 5.05. The molecule has 1 aromatic carbocycles. The van der Waals surface area contributed by atoms with Crippen molar-refractivity contribution in [3.63, 3.8) is 0 Å². The quantitative estimate of drug-likeness (QED) is 0.865. The molecular formula is C16H26N2O. The first kappa shape index (κ1) is 14.2. The maximum atomic E-state index is 5.78. The van der Waals surface area contributed by atoms with Crippen LogP contribution in [0.1, 0.15) is 44.9 Å². The van der Waals surface area contributed by atoms with E-state index in [0.717, 1.165) is 6.54 Å². The smallest absolute Gasteiger partial charge is 0.0909 e. The molecule has 0 aliphatic carbocycles. The summed E-state index contributed by atoms with van der Waals surface area (Å²) in [4.78, 5) is 0. The van der Waals surface area contributed by atoms with E-state index in [9.17, 15) is 0 Å². The number of anilines is 2. The van der Waals surface area contributed by atoms with Gasteiger partial charge in [-0.2, -0.15) is 0 Å². The van der Waals surface area contributed by atoms with Crippen molar-refractivity contribution in [1.29, 1.82) is 0 Å². The number of methoxy groups -OCH3 is 1. The van der Waals surface area contributed by atoms with Crippen LogP contribution in [0.5, 0.6) is 0 Å². The molecule has 0 saturated heterocycles. The second-order valence-electron chi connectivity index (χ2n) is 6.51. The van der Waals surface area contributed by atoms with Crippen LogP contribution in [-0.2, 0) is 4.74 Å². The summed E-state index contributed by atoms with van der Waals surface area (Å²) >= 11 is 0. The number of rotatable bonds is 3. The second kappa shape index (κ2) is 5.04. The number of hydrogen-bond donors (Lipinski definition) is 2. The standard InChI is InChI=1S/C16H26N2O/c1-10(2)18-12-7-11(3)14-13(8-12)15(19-6)16(4,5)9-17-14/h7-8,10,15,17-18H,9H2,1-6H3. The number of aryl methyl sites for hydroxylation is 1. The van der Waals surface area contributed by atoms with Crippen molar-refractivity contribution >= 4 is 11.4 Å². The number of hydrogen-bond acceptors (Lipinski definition) is 3. The van der Waals surface area contributed by atoms with E-state index in [1.165, 1.54) is 22.5 Å². The van der Waals surface area contributed by atoms with Crippen LogP contribution in [0, 0.1) is 12.3 Å². The van der Waals surface area contributed by atoms with Gasteiger partial charge in [0.25, 0.3) is 0 Å². The molecule has 0 radical (unpaired) electrons. The van der Waals surface area contributed by atoms with Crippen molar-refractivity contribution in [3.8, 4) is 0 Å². The molecule has 0 amide bonds. The summed E-state index contributed by atoms with van der Waals surface area (Å²) in [5.74, 6) is 0. The molecule has 3 heteroatoms. The first-order chi connectivity index (χ1) is 8.85. The van der Waals surface area contributed by atoms with Gasteiger partial charge in [0.15, 0.2) is 0 Å². The predicted molar refractivity (Wildman–Crippen MR) is 82.0 cm³/mol. The van der Waals surface area contributed by atoms with Gasteiger partial charge in [0.05, 0.1) is 6.10 Å². The van der Waals surface area contributed by atoms with Crippen molar-refractivity contribution < 1.29 is 4.74 Å². The van der Waals surface area contributed by atoms with Gasteiger partial charge in [0.1, 0.15) is 0 Å². The van der Waals surface area contributed by atoms with Gasteiger partial charge >= 0.3 is 0 Å². The molecule has 2 rings (SSSR count). The van der Waals surface area contributed by atoms with Crippen LogP contribution in [0.25, 0.3) is 0 Å². The van der Waals surface area contributed by atoms with Crippen LogP contribution in [0.3, 0.4) is 0 Å². The van der Waals surface area contributed by atoms with Gasteiger partial charge in [-0.15, -0.1) is 0 Å². The van der Waals surface area contributed by atoms with Crippen LogP contribution in [0.15, 0.2) is 12.1 Å². The van der Waals surface area contributed by atoms with Gasteiger partial charge in [0, 0.05) is 42.0 Å². The third-order valence-electron chi connectivity index (χ3n) is 3.77. The maximum absolute atomic E-state index is 5.78. The molecule has 0 bridgehead atoms. The highest BCUT2D eigenvalue weighted by atomic mass is 16.5. The number of benzene rings is 1. The molecule has 19 heavy (non-hydrogen) atoms. The van der Waals surface area contributed by atoms with E-state index in [0.29, 0.717) is 6.04 Å². The van der Waals surface area contributed by atoms with Crippen molar-refractivity contribution in [1.82, 2.24) is 0 Å². The Bertz CT molecular complexity index is 466. The molecule has 1 unspecified atom stereocenters. The minimum absolute atomic E-state index is 0.102. The fourth-order valence-electron chi connectivity index (χ4n) is 2.96. The lowest BCUT2D eigenvalue weighted by molar-refractivity contribution is 0.00858. The van der Waals surface area contributed by atoms with Gasteiger partial charge in [-0.25, -0.2) is 0 Å². The number of nitrogens with one attached hydrogen (secondary N) is 2. The summed E-state index contributed by atoms with van der Waals surface area (Å²) < 4.78 is 5.78. The molecule has 1 heterocycles. The topological polar surface area (TPSA) is 33.3 Å². The van der Waals surface area contributed by atoms with Crippen molar-refractivity contribution in [3.05, 3.63) is 23.3 Å². The average molecular weight is 262 g/mol. The van der Waals surface area contributed by atoms with E-state index in [-0.39, 0.29) is 11.5 Å². The molecule has 1 aromatic rings. The summed E-state index contributed by atoms with van der Waals surface area (Å²) in [6.07, 6.45) is 0.136. The Kier molecular flexibility index (Phi) is 3.77. The fourth-order valence-corrected chi connectivity index (χ4v) is 2.96. The van der Waals surface area contributed by atoms with E-state index in [1.54, 1.807) is 7.11 Å². The Balaban J connectivity index is 2.47. The Hall–Kier alpha value is -1.22. The summed E-state index contributed by atoms with van der Waals surface area (Å²) in [7, 11) is 1.80.